The summed E-state index contributed by atoms with van der Waals surface area (Å²) < 4.78 is 5.61. The summed E-state index contributed by atoms with van der Waals surface area (Å²) in [4.78, 5) is 14.8. The molecule has 0 unspecified atom stereocenters. The van der Waals surface area contributed by atoms with Crippen molar-refractivity contribution in [2.45, 2.75) is 39.2 Å². The van der Waals surface area contributed by atoms with E-state index in [0.29, 0.717) is 5.56 Å². The number of hydrogen-bond donors (Lipinski definition) is 1. The Bertz CT molecular complexity index is 687. The van der Waals surface area contributed by atoms with Crippen LogP contribution in [-0.2, 0) is 0 Å². The molecule has 1 heterocycles. The van der Waals surface area contributed by atoms with Crippen LogP contribution in [0.3, 0.4) is 0 Å². The van der Waals surface area contributed by atoms with Crippen LogP contribution in [0.15, 0.2) is 48.5 Å². The van der Waals surface area contributed by atoms with E-state index < -0.39 is 0 Å². The minimum Gasteiger partial charge on any atom is -0.491 e. The number of rotatable bonds is 5. The number of nitrogens with zero attached hydrogens (tertiary/aromatic N) is 1. The normalized spacial score (nSPS) is 14.4. The first-order chi connectivity index (χ1) is 12.1. The lowest BCUT2D eigenvalue weighted by Crippen LogP contribution is -2.29. The lowest BCUT2D eigenvalue weighted by atomic mass is 10.1. The highest BCUT2D eigenvalue weighted by Gasteiger charge is 2.12. The van der Waals surface area contributed by atoms with E-state index in [0.717, 1.165) is 24.5 Å². The van der Waals surface area contributed by atoms with Crippen LogP contribution in [0.1, 0.15) is 43.5 Å². The van der Waals surface area contributed by atoms with Gasteiger partial charge in [-0.3, -0.25) is 4.79 Å². The van der Waals surface area contributed by atoms with Crippen molar-refractivity contribution in [3.8, 4) is 5.75 Å². The van der Waals surface area contributed by atoms with Gasteiger partial charge in [0, 0.05) is 30.0 Å². The average molecular weight is 338 g/mol. The summed E-state index contributed by atoms with van der Waals surface area (Å²) >= 11 is 0. The number of hydrogen-bond acceptors (Lipinski definition) is 3. The lowest BCUT2D eigenvalue weighted by Gasteiger charge is -2.28. The highest BCUT2D eigenvalue weighted by Crippen LogP contribution is 2.21. The molecule has 0 aliphatic carbocycles. The van der Waals surface area contributed by atoms with Crippen LogP contribution in [0.2, 0.25) is 0 Å². The van der Waals surface area contributed by atoms with Gasteiger partial charge >= 0.3 is 0 Å². The zero-order valence-electron chi connectivity index (χ0n) is 15.0. The highest BCUT2D eigenvalue weighted by molar-refractivity contribution is 6.04. The molecule has 4 heteroatoms. The summed E-state index contributed by atoms with van der Waals surface area (Å²) in [5.74, 6) is 0.710. The molecule has 1 aliphatic rings. The minimum atomic E-state index is -0.0947. The summed E-state index contributed by atoms with van der Waals surface area (Å²) in [7, 11) is 0. The predicted molar refractivity (Wildman–Crippen MR) is 103 cm³/mol. The topological polar surface area (TPSA) is 41.6 Å². The average Bonchev–Trinajstić information content (AvgIpc) is 2.64. The number of amides is 1. The van der Waals surface area contributed by atoms with Crippen LogP contribution in [-0.4, -0.2) is 25.1 Å². The molecule has 3 rings (SSSR count). The molecule has 132 valence electrons. The van der Waals surface area contributed by atoms with Crippen molar-refractivity contribution in [3.63, 3.8) is 0 Å². The smallest absolute Gasteiger partial charge is 0.255 e. The van der Waals surface area contributed by atoms with Gasteiger partial charge in [-0.25, -0.2) is 0 Å². The molecule has 0 radical (unpaired) electrons. The van der Waals surface area contributed by atoms with E-state index in [1.54, 1.807) is 0 Å². The Morgan fingerprint density at radius 2 is 1.60 bits per heavy atom. The van der Waals surface area contributed by atoms with Gasteiger partial charge in [0.1, 0.15) is 5.75 Å². The zero-order chi connectivity index (χ0) is 17.6. The third kappa shape index (κ3) is 4.75. The minimum absolute atomic E-state index is 0.0947. The van der Waals surface area contributed by atoms with E-state index in [1.165, 1.54) is 24.9 Å². The maximum Gasteiger partial charge on any atom is 0.255 e. The summed E-state index contributed by atoms with van der Waals surface area (Å²) in [6.07, 6.45) is 3.95. The van der Waals surface area contributed by atoms with E-state index in [4.69, 9.17) is 4.74 Å². The van der Waals surface area contributed by atoms with Crippen LogP contribution >= 0.6 is 0 Å². The molecule has 2 aromatic carbocycles. The number of piperidine rings is 1. The summed E-state index contributed by atoms with van der Waals surface area (Å²) in [5.41, 5.74) is 2.64. The fourth-order valence-electron chi connectivity index (χ4n) is 3.07. The Labute approximate surface area is 149 Å². The maximum atomic E-state index is 12.4. The molecule has 1 aliphatic heterocycles. The number of carbonyl (C=O) groups is 1. The predicted octanol–water partition coefficient (Wildman–Crippen LogP) is 4.72. The van der Waals surface area contributed by atoms with Crippen LogP contribution < -0.4 is 15.0 Å². The number of nitrogens with one attached hydrogen (secondary N) is 1. The Hall–Kier alpha value is -2.49. The van der Waals surface area contributed by atoms with E-state index in [1.807, 2.05) is 62.4 Å². The fraction of sp³-hybridized carbons (Fsp3) is 0.381. The van der Waals surface area contributed by atoms with Crippen molar-refractivity contribution in [1.82, 2.24) is 0 Å². The molecular formula is C21H26N2O2. The van der Waals surface area contributed by atoms with Crippen molar-refractivity contribution in [1.29, 1.82) is 0 Å². The van der Waals surface area contributed by atoms with Gasteiger partial charge in [0.05, 0.1) is 6.10 Å². The number of anilines is 2. The Morgan fingerprint density at radius 1 is 0.960 bits per heavy atom. The molecule has 1 saturated heterocycles. The molecule has 1 N–H and O–H groups in total. The molecule has 1 amide bonds. The first-order valence-electron chi connectivity index (χ1n) is 9.05. The van der Waals surface area contributed by atoms with Crippen LogP contribution in [0, 0.1) is 0 Å². The van der Waals surface area contributed by atoms with E-state index in [-0.39, 0.29) is 12.0 Å². The first kappa shape index (κ1) is 17.3. The molecule has 0 spiro atoms. The Morgan fingerprint density at radius 3 is 2.20 bits per heavy atom. The molecule has 0 bridgehead atoms. The molecule has 25 heavy (non-hydrogen) atoms. The molecule has 2 aromatic rings. The van der Waals surface area contributed by atoms with Gasteiger partial charge in [0.15, 0.2) is 0 Å². The van der Waals surface area contributed by atoms with Crippen LogP contribution in [0.25, 0.3) is 0 Å². The SMILES string of the molecule is CC(C)Oc1ccc(NC(=O)c2ccc(N3CCCCC3)cc2)cc1. The van der Waals surface area contributed by atoms with Crippen molar-refractivity contribution in [2.24, 2.45) is 0 Å². The molecule has 4 nitrogen and oxygen atoms in total. The van der Waals surface area contributed by atoms with Gasteiger partial charge in [-0.1, -0.05) is 0 Å². The summed E-state index contributed by atoms with van der Waals surface area (Å²) in [6.45, 7) is 6.19. The van der Waals surface area contributed by atoms with E-state index >= 15 is 0 Å². The van der Waals surface area contributed by atoms with Gasteiger partial charge in [0.2, 0.25) is 0 Å². The van der Waals surface area contributed by atoms with Crippen molar-refractivity contribution in [3.05, 3.63) is 54.1 Å². The standard InChI is InChI=1S/C21H26N2O2/c1-16(2)25-20-12-8-18(9-13-20)22-21(24)17-6-10-19(11-7-17)23-14-4-3-5-15-23/h6-13,16H,3-5,14-15H2,1-2H3,(H,22,24). The molecule has 0 saturated carbocycles. The second kappa shape index (κ2) is 8.06. The third-order valence-electron chi connectivity index (χ3n) is 4.33. The highest BCUT2D eigenvalue weighted by atomic mass is 16.5. The Balaban J connectivity index is 1.60. The van der Waals surface area contributed by atoms with Crippen molar-refractivity contribution in [2.75, 3.05) is 23.3 Å². The molecule has 0 atom stereocenters. The van der Waals surface area contributed by atoms with E-state index in [2.05, 4.69) is 10.2 Å². The van der Waals surface area contributed by atoms with Crippen LogP contribution in [0.4, 0.5) is 11.4 Å². The third-order valence-corrected chi connectivity index (χ3v) is 4.33. The second-order valence-electron chi connectivity index (χ2n) is 6.74. The zero-order valence-corrected chi connectivity index (χ0v) is 15.0. The molecular weight excluding hydrogens is 312 g/mol. The Kier molecular flexibility index (Phi) is 5.59. The maximum absolute atomic E-state index is 12.4. The van der Waals surface area contributed by atoms with E-state index in [9.17, 15) is 4.79 Å². The monoisotopic (exact) mass is 338 g/mol. The van der Waals surface area contributed by atoms with Crippen LogP contribution in [0.5, 0.6) is 5.75 Å². The molecule has 0 aromatic heterocycles. The lowest BCUT2D eigenvalue weighted by molar-refractivity contribution is 0.102. The van der Waals surface area contributed by atoms with Crippen molar-refractivity contribution < 1.29 is 9.53 Å². The van der Waals surface area contributed by atoms with Gasteiger partial charge in [-0.15, -0.1) is 0 Å². The second-order valence-corrected chi connectivity index (χ2v) is 6.74. The van der Waals surface area contributed by atoms with Gasteiger partial charge in [0.25, 0.3) is 5.91 Å². The number of carbonyl (C=O) groups excluding carboxylic acids is 1. The van der Waals surface area contributed by atoms with Gasteiger partial charge < -0.3 is 15.0 Å². The fourth-order valence-corrected chi connectivity index (χ4v) is 3.07. The number of benzene rings is 2. The van der Waals surface area contributed by atoms with Gasteiger partial charge in [-0.05, 0) is 81.6 Å². The largest absolute Gasteiger partial charge is 0.491 e. The first-order valence-corrected chi connectivity index (χ1v) is 9.05. The quantitative estimate of drug-likeness (QED) is 0.858. The summed E-state index contributed by atoms with van der Waals surface area (Å²) in [6, 6.07) is 15.3. The molecule has 1 fully saturated rings. The van der Waals surface area contributed by atoms with Crippen molar-refractivity contribution >= 4 is 17.3 Å². The van der Waals surface area contributed by atoms with Gasteiger partial charge in [-0.2, -0.15) is 0 Å². The summed E-state index contributed by atoms with van der Waals surface area (Å²) in [5, 5.41) is 2.93. The number of ether oxygens (including phenoxy) is 1.